The lowest BCUT2D eigenvalue weighted by atomic mass is 10.6. The summed E-state index contributed by atoms with van der Waals surface area (Å²) in [6.07, 6.45) is 3.49. The van der Waals surface area contributed by atoms with Gasteiger partial charge in [-0.05, 0) is 6.92 Å². The van der Waals surface area contributed by atoms with E-state index in [1.165, 1.54) is 0 Å². The second-order valence-corrected chi connectivity index (χ2v) is 2.29. The second-order valence-electron chi connectivity index (χ2n) is 1.26. The van der Waals surface area contributed by atoms with Gasteiger partial charge in [-0.3, -0.25) is 0 Å². The van der Waals surface area contributed by atoms with Gasteiger partial charge in [0.2, 0.25) is 0 Å². The Morgan fingerprint density at radius 3 is 1.70 bits per heavy atom. The van der Waals surface area contributed by atoms with E-state index in [-0.39, 0.29) is 6.61 Å². The molecule has 0 saturated carbocycles. The van der Waals surface area contributed by atoms with Crippen LogP contribution in [0.2, 0.25) is 0 Å². The molecule has 0 saturated heterocycles. The van der Waals surface area contributed by atoms with Crippen molar-refractivity contribution in [1.29, 1.82) is 0 Å². The lowest BCUT2D eigenvalue weighted by Crippen LogP contribution is -1.66. The highest BCUT2D eigenvalue weighted by Crippen LogP contribution is 2.25. The number of hydrogen-bond acceptors (Lipinski definition) is 2. The van der Waals surface area contributed by atoms with Gasteiger partial charge in [-0.25, -0.2) is 4.57 Å². The third kappa shape index (κ3) is 111. The molecule has 0 aromatic carbocycles. The van der Waals surface area contributed by atoms with Crippen LogP contribution in [0.5, 0.6) is 0 Å². The van der Waals surface area contributed by atoms with Crippen molar-refractivity contribution < 1.29 is 24.4 Å². The van der Waals surface area contributed by atoms with Crippen LogP contribution in [0.3, 0.4) is 0 Å². The van der Waals surface area contributed by atoms with E-state index in [0.717, 1.165) is 0 Å². The van der Waals surface area contributed by atoms with Gasteiger partial charge in [0.25, 0.3) is 0 Å². The average Bonchev–Trinajstić information content (AvgIpc) is 1.63. The van der Waals surface area contributed by atoms with Gasteiger partial charge in [0.15, 0.2) is 0 Å². The lowest BCUT2D eigenvalue weighted by Gasteiger charge is -1.82. The lowest BCUT2D eigenvalue weighted by molar-refractivity contribution is 0.275. The minimum Gasteiger partial charge on any atom is -0.392 e. The Hall–Kier alpha value is -0.190. The maximum atomic E-state index is 8.88. The molecular weight excluding hydrogens is 159 g/mol. The Morgan fingerprint density at radius 2 is 1.70 bits per heavy atom. The summed E-state index contributed by atoms with van der Waals surface area (Å²) in [5, 5.41) is 7.98. The number of rotatable bonds is 1. The fourth-order valence-electron chi connectivity index (χ4n) is 0.105. The van der Waals surface area contributed by atoms with E-state index < -0.39 is 7.82 Å². The molecule has 0 unspecified atom stereocenters. The zero-order valence-corrected chi connectivity index (χ0v) is 6.40. The summed E-state index contributed by atoms with van der Waals surface area (Å²) in [4.78, 5) is 21.6. The minimum atomic E-state index is -4.64. The van der Waals surface area contributed by atoms with E-state index in [1.54, 1.807) is 12.2 Å². The Balaban J connectivity index is 0. The highest BCUT2D eigenvalue weighted by Gasteiger charge is 2.00. The van der Waals surface area contributed by atoms with Crippen molar-refractivity contribution in [2.45, 2.75) is 6.92 Å². The van der Waals surface area contributed by atoms with Crippen molar-refractivity contribution in [3.05, 3.63) is 12.2 Å². The normalized spacial score (nSPS) is 10.9. The summed E-state index contributed by atoms with van der Waals surface area (Å²) in [5.74, 6) is 0. The van der Waals surface area contributed by atoms with E-state index in [4.69, 9.17) is 24.4 Å². The van der Waals surface area contributed by atoms with E-state index in [0.29, 0.717) is 0 Å². The molecule has 0 aromatic heterocycles. The Labute approximate surface area is 58.9 Å². The molecule has 6 heteroatoms. The van der Waals surface area contributed by atoms with Crippen molar-refractivity contribution in [2.75, 3.05) is 6.61 Å². The van der Waals surface area contributed by atoms with Crippen molar-refractivity contribution in [2.24, 2.45) is 0 Å². The van der Waals surface area contributed by atoms with Crippen LogP contribution in [0, 0.1) is 0 Å². The first kappa shape index (κ1) is 12.5. The van der Waals surface area contributed by atoms with E-state index in [2.05, 4.69) is 0 Å². The molecule has 0 atom stereocenters. The molecule has 10 heavy (non-hydrogen) atoms. The molecule has 0 heterocycles. The van der Waals surface area contributed by atoms with Crippen LogP contribution in [0.1, 0.15) is 6.92 Å². The Kier molecular flexibility index (Phi) is 8.64. The van der Waals surface area contributed by atoms with Gasteiger partial charge in [0, 0.05) is 0 Å². The van der Waals surface area contributed by atoms with Crippen LogP contribution in [0.4, 0.5) is 0 Å². The molecule has 4 N–H and O–H groups in total. The summed E-state index contributed by atoms with van der Waals surface area (Å²) < 4.78 is 8.88. The zero-order chi connectivity index (χ0) is 8.62. The molecule has 0 amide bonds. The van der Waals surface area contributed by atoms with E-state index in [9.17, 15) is 0 Å². The fraction of sp³-hybridized carbons (Fsp3) is 0.500. The molecule has 0 radical (unpaired) electrons. The Morgan fingerprint density at radius 1 is 1.40 bits per heavy atom. The smallest absolute Gasteiger partial charge is 0.392 e. The van der Waals surface area contributed by atoms with E-state index in [1.807, 2.05) is 6.92 Å². The van der Waals surface area contributed by atoms with Crippen LogP contribution in [-0.2, 0) is 4.57 Å². The van der Waals surface area contributed by atoms with Crippen LogP contribution >= 0.6 is 7.82 Å². The highest BCUT2D eigenvalue weighted by molar-refractivity contribution is 7.45. The topological polar surface area (TPSA) is 98.0 Å². The van der Waals surface area contributed by atoms with Gasteiger partial charge in [0.05, 0.1) is 6.61 Å². The maximum Gasteiger partial charge on any atom is 0.466 e. The number of aliphatic hydroxyl groups is 1. The zero-order valence-electron chi connectivity index (χ0n) is 5.51. The first-order valence-electron chi connectivity index (χ1n) is 2.42. The summed E-state index contributed by atoms with van der Waals surface area (Å²) in [6, 6.07) is 0. The summed E-state index contributed by atoms with van der Waals surface area (Å²) in [7, 11) is -4.64. The molecule has 0 aliphatic carbocycles. The van der Waals surface area contributed by atoms with Crippen molar-refractivity contribution >= 4 is 7.82 Å². The molecule has 62 valence electrons. The number of hydrogen-bond donors (Lipinski definition) is 4. The van der Waals surface area contributed by atoms with Gasteiger partial charge in [-0.1, -0.05) is 12.2 Å². The quantitative estimate of drug-likeness (QED) is 0.318. The molecular formula is C4H11O5P. The van der Waals surface area contributed by atoms with Crippen molar-refractivity contribution in [1.82, 2.24) is 0 Å². The maximum absolute atomic E-state index is 8.88. The molecule has 0 aliphatic rings. The molecule has 0 rings (SSSR count). The van der Waals surface area contributed by atoms with Gasteiger partial charge < -0.3 is 19.8 Å². The molecule has 5 nitrogen and oxygen atoms in total. The molecule has 0 spiro atoms. The predicted molar refractivity (Wildman–Crippen MR) is 36.2 cm³/mol. The van der Waals surface area contributed by atoms with Gasteiger partial charge >= 0.3 is 7.82 Å². The van der Waals surface area contributed by atoms with Crippen LogP contribution in [0.15, 0.2) is 12.2 Å². The monoisotopic (exact) mass is 170 g/mol. The molecule has 0 aliphatic heterocycles. The summed E-state index contributed by atoms with van der Waals surface area (Å²) in [5.41, 5.74) is 0. The Bertz CT molecular complexity index is 117. The SMILES string of the molecule is CC=CCO.O=P(O)(O)O. The summed E-state index contributed by atoms with van der Waals surface area (Å²) in [6.45, 7) is 2.03. The van der Waals surface area contributed by atoms with Crippen LogP contribution < -0.4 is 0 Å². The van der Waals surface area contributed by atoms with Crippen LogP contribution in [0.25, 0.3) is 0 Å². The van der Waals surface area contributed by atoms with Crippen molar-refractivity contribution in [3.8, 4) is 0 Å². The average molecular weight is 170 g/mol. The first-order chi connectivity index (χ1) is 4.41. The molecule has 0 aromatic rings. The first-order valence-corrected chi connectivity index (χ1v) is 3.98. The highest BCUT2D eigenvalue weighted by atomic mass is 31.2. The largest absolute Gasteiger partial charge is 0.466 e. The number of aliphatic hydroxyl groups excluding tert-OH is 1. The predicted octanol–water partition coefficient (Wildman–Crippen LogP) is -0.374. The van der Waals surface area contributed by atoms with Gasteiger partial charge in [-0.15, -0.1) is 0 Å². The van der Waals surface area contributed by atoms with Crippen LogP contribution in [-0.4, -0.2) is 26.4 Å². The molecule has 0 fully saturated rings. The third-order valence-electron chi connectivity index (χ3n) is 0.341. The second kappa shape index (κ2) is 6.92. The van der Waals surface area contributed by atoms with Gasteiger partial charge in [0.1, 0.15) is 0 Å². The standard InChI is InChI=1S/C4H8O.H3O4P/c1-2-3-4-5;1-5(2,3)4/h2-3,5H,4H2,1H3;(H3,1,2,3,4). The molecule has 0 bridgehead atoms. The third-order valence-corrected chi connectivity index (χ3v) is 0.341. The fourth-order valence-corrected chi connectivity index (χ4v) is 0.105. The number of phosphoric acid groups is 1. The van der Waals surface area contributed by atoms with Crippen molar-refractivity contribution in [3.63, 3.8) is 0 Å². The number of allylic oxidation sites excluding steroid dienone is 1. The minimum absolute atomic E-state index is 0.163. The van der Waals surface area contributed by atoms with Gasteiger partial charge in [-0.2, -0.15) is 0 Å². The van der Waals surface area contributed by atoms with E-state index >= 15 is 0 Å². The summed E-state index contributed by atoms with van der Waals surface area (Å²) >= 11 is 0.